The fourth-order valence-corrected chi connectivity index (χ4v) is 4.77. The van der Waals surface area contributed by atoms with Gasteiger partial charge in [0.15, 0.2) is 0 Å². The van der Waals surface area contributed by atoms with E-state index in [0.29, 0.717) is 25.2 Å². The van der Waals surface area contributed by atoms with E-state index >= 15 is 0 Å². The Labute approximate surface area is 193 Å². The summed E-state index contributed by atoms with van der Waals surface area (Å²) in [7, 11) is 0. The van der Waals surface area contributed by atoms with Crippen LogP contribution in [0, 0.1) is 0 Å². The molecule has 168 valence electrons. The summed E-state index contributed by atoms with van der Waals surface area (Å²) in [6, 6.07) is 15.3. The van der Waals surface area contributed by atoms with Crippen LogP contribution in [-0.2, 0) is 22.6 Å². The SMILES string of the molecule is CSc1ccc(CCNC(=O)c2ccc(CN3CC(=O)N4CCCCC4C3=O)cc2)cc1. The van der Waals surface area contributed by atoms with Crippen molar-refractivity contribution in [1.82, 2.24) is 15.1 Å². The number of piperazine rings is 1. The Balaban J connectivity index is 1.29. The lowest BCUT2D eigenvalue weighted by molar-refractivity contribution is -0.158. The molecule has 32 heavy (non-hydrogen) atoms. The number of fused-ring (bicyclic) bond motifs is 1. The van der Waals surface area contributed by atoms with Crippen LogP contribution in [0.1, 0.15) is 40.7 Å². The molecule has 2 aliphatic rings. The van der Waals surface area contributed by atoms with Crippen molar-refractivity contribution in [3.63, 3.8) is 0 Å². The van der Waals surface area contributed by atoms with Crippen molar-refractivity contribution in [3.05, 3.63) is 65.2 Å². The van der Waals surface area contributed by atoms with Crippen molar-refractivity contribution in [3.8, 4) is 0 Å². The molecule has 2 saturated heterocycles. The number of amides is 3. The third kappa shape index (κ3) is 5.15. The third-order valence-corrected chi connectivity index (χ3v) is 6.94. The highest BCUT2D eigenvalue weighted by molar-refractivity contribution is 7.98. The number of thioether (sulfide) groups is 1. The predicted octanol–water partition coefficient (Wildman–Crippen LogP) is 3.10. The molecule has 1 atom stereocenters. The smallest absolute Gasteiger partial charge is 0.251 e. The molecule has 2 heterocycles. The molecular formula is C25H29N3O3S. The maximum Gasteiger partial charge on any atom is 0.251 e. The van der Waals surface area contributed by atoms with Crippen molar-refractivity contribution < 1.29 is 14.4 Å². The minimum atomic E-state index is -0.299. The molecule has 6 nitrogen and oxygen atoms in total. The van der Waals surface area contributed by atoms with E-state index in [1.54, 1.807) is 33.7 Å². The third-order valence-electron chi connectivity index (χ3n) is 6.19. The summed E-state index contributed by atoms with van der Waals surface area (Å²) in [5, 5.41) is 2.96. The largest absolute Gasteiger partial charge is 0.352 e. The van der Waals surface area contributed by atoms with Gasteiger partial charge < -0.3 is 15.1 Å². The van der Waals surface area contributed by atoms with E-state index in [-0.39, 0.29) is 30.3 Å². The van der Waals surface area contributed by atoms with Gasteiger partial charge in [0.2, 0.25) is 11.8 Å². The normalized spacial score (nSPS) is 18.5. The summed E-state index contributed by atoms with van der Waals surface area (Å²) < 4.78 is 0. The highest BCUT2D eigenvalue weighted by atomic mass is 32.2. The van der Waals surface area contributed by atoms with E-state index in [0.717, 1.165) is 31.2 Å². The van der Waals surface area contributed by atoms with Gasteiger partial charge in [-0.2, -0.15) is 0 Å². The molecule has 1 unspecified atom stereocenters. The van der Waals surface area contributed by atoms with Gasteiger partial charge >= 0.3 is 0 Å². The molecule has 2 aliphatic heterocycles. The summed E-state index contributed by atoms with van der Waals surface area (Å²) in [5.74, 6) is -0.0376. The molecule has 2 aromatic carbocycles. The highest BCUT2D eigenvalue weighted by Crippen LogP contribution is 2.24. The number of rotatable bonds is 7. The van der Waals surface area contributed by atoms with E-state index in [4.69, 9.17) is 0 Å². The first-order valence-corrected chi connectivity index (χ1v) is 12.4. The topological polar surface area (TPSA) is 69.7 Å². The molecule has 7 heteroatoms. The number of nitrogens with zero attached hydrogens (tertiary/aromatic N) is 2. The fourth-order valence-electron chi connectivity index (χ4n) is 4.36. The van der Waals surface area contributed by atoms with Crippen LogP contribution < -0.4 is 5.32 Å². The second-order valence-corrected chi connectivity index (χ2v) is 9.22. The van der Waals surface area contributed by atoms with E-state index < -0.39 is 0 Å². The zero-order chi connectivity index (χ0) is 22.5. The van der Waals surface area contributed by atoms with Crippen LogP contribution in [0.2, 0.25) is 0 Å². The van der Waals surface area contributed by atoms with Gasteiger partial charge in [-0.1, -0.05) is 24.3 Å². The Hall–Kier alpha value is -2.80. The van der Waals surface area contributed by atoms with Crippen LogP contribution in [0.15, 0.2) is 53.4 Å². The van der Waals surface area contributed by atoms with E-state index in [2.05, 4.69) is 35.8 Å². The number of carbonyl (C=O) groups is 3. The summed E-state index contributed by atoms with van der Waals surface area (Å²) in [5.41, 5.74) is 2.70. The van der Waals surface area contributed by atoms with E-state index in [1.807, 2.05) is 12.1 Å². The average Bonchev–Trinajstić information content (AvgIpc) is 2.83. The zero-order valence-electron chi connectivity index (χ0n) is 18.4. The average molecular weight is 452 g/mol. The summed E-state index contributed by atoms with van der Waals surface area (Å²) >= 11 is 1.71. The van der Waals surface area contributed by atoms with Crippen LogP contribution in [0.25, 0.3) is 0 Å². The van der Waals surface area contributed by atoms with Gasteiger partial charge in [-0.3, -0.25) is 14.4 Å². The Morgan fingerprint density at radius 1 is 1.03 bits per heavy atom. The molecule has 0 aliphatic carbocycles. The molecule has 0 aromatic heterocycles. The quantitative estimate of drug-likeness (QED) is 0.657. The number of piperidine rings is 1. The number of hydrogen-bond donors (Lipinski definition) is 1. The number of benzene rings is 2. The molecular weight excluding hydrogens is 422 g/mol. The van der Waals surface area contributed by atoms with Crippen LogP contribution >= 0.6 is 11.8 Å². The lowest BCUT2D eigenvalue weighted by Gasteiger charge is -2.42. The first kappa shape index (κ1) is 22.4. The lowest BCUT2D eigenvalue weighted by Crippen LogP contribution is -2.60. The highest BCUT2D eigenvalue weighted by Gasteiger charge is 2.40. The summed E-state index contributed by atoms with van der Waals surface area (Å²) in [6.07, 6.45) is 5.54. The Morgan fingerprint density at radius 2 is 1.75 bits per heavy atom. The minimum absolute atomic E-state index is 0.0355. The van der Waals surface area contributed by atoms with Crippen molar-refractivity contribution in [2.75, 3.05) is 25.9 Å². The Bertz CT molecular complexity index is 975. The molecule has 0 bridgehead atoms. The van der Waals surface area contributed by atoms with Crippen molar-refractivity contribution >= 4 is 29.5 Å². The summed E-state index contributed by atoms with van der Waals surface area (Å²) in [6.45, 7) is 1.79. The standard InChI is InChI=1S/C25H29N3O3S/c1-32-21-11-7-18(8-12-21)13-14-26-24(30)20-9-5-19(6-10-20)16-27-17-23(29)28-15-3-2-4-22(28)25(27)31/h5-12,22H,2-4,13-17H2,1H3,(H,26,30). The van der Waals surface area contributed by atoms with Crippen LogP contribution in [-0.4, -0.2) is 59.5 Å². The molecule has 0 radical (unpaired) electrons. The monoisotopic (exact) mass is 451 g/mol. The van der Waals surface area contributed by atoms with E-state index in [9.17, 15) is 14.4 Å². The molecule has 1 N–H and O–H groups in total. The number of nitrogens with one attached hydrogen (secondary N) is 1. The van der Waals surface area contributed by atoms with Crippen LogP contribution in [0.5, 0.6) is 0 Å². The second kappa shape index (κ2) is 10.2. The maximum atomic E-state index is 12.8. The van der Waals surface area contributed by atoms with Gasteiger partial charge in [0.05, 0.1) is 0 Å². The van der Waals surface area contributed by atoms with Crippen LogP contribution in [0.4, 0.5) is 0 Å². The van der Waals surface area contributed by atoms with Crippen molar-refractivity contribution in [2.24, 2.45) is 0 Å². The Morgan fingerprint density at radius 3 is 2.47 bits per heavy atom. The van der Waals surface area contributed by atoms with Crippen LogP contribution in [0.3, 0.4) is 0 Å². The number of hydrogen-bond acceptors (Lipinski definition) is 4. The molecule has 4 rings (SSSR count). The van der Waals surface area contributed by atoms with Gasteiger partial charge in [-0.05, 0) is 67.3 Å². The number of carbonyl (C=O) groups excluding carboxylic acids is 3. The molecule has 0 spiro atoms. The fraction of sp³-hybridized carbons (Fsp3) is 0.400. The van der Waals surface area contributed by atoms with Crippen molar-refractivity contribution in [2.45, 2.75) is 43.2 Å². The summed E-state index contributed by atoms with van der Waals surface area (Å²) in [4.78, 5) is 42.3. The van der Waals surface area contributed by atoms with Gasteiger partial charge in [0.1, 0.15) is 12.6 Å². The minimum Gasteiger partial charge on any atom is -0.352 e. The maximum absolute atomic E-state index is 12.8. The van der Waals surface area contributed by atoms with Gasteiger partial charge in [-0.25, -0.2) is 0 Å². The lowest BCUT2D eigenvalue weighted by atomic mass is 9.98. The first-order chi connectivity index (χ1) is 15.5. The van der Waals surface area contributed by atoms with Gasteiger partial charge in [-0.15, -0.1) is 11.8 Å². The van der Waals surface area contributed by atoms with E-state index in [1.165, 1.54) is 10.5 Å². The molecule has 0 saturated carbocycles. The van der Waals surface area contributed by atoms with Gasteiger partial charge in [0.25, 0.3) is 5.91 Å². The molecule has 3 amide bonds. The van der Waals surface area contributed by atoms with Crippen molar-refractivity contribution in [1.29, 1.82) is 0 Å². The molecule has 2 fully saturated rings. The first-order valence-electron chi connectivity index (χ1n) is 11.1. The predicted molar refractivity (Wildman–Crippen MR) is 125 cm³/mol. The second-order valence-electron chi connectivity index (χ2n) is 8.34. The Kier molecular flexibility index (Phi) is 7.15. The molecule has 2 aromatic rings. The van der Waals surface area contributed by atoms with Gasteiger partial charge in [0, 0.05) is 30.1 Å². The zero-order valence-corrected chi connectivity index (χ0v) is 19.2.